The van der Waals surface area contributed by atoms with Crippen molar-refractivity contribution in [2.45, 2.75) is 31.4 Å². The van der Waals surface area contributed by atoms with Gasteiger partial charge in [0.05, 0.1) is 5.60 Å². The van der Waals surface area contributed by atoms with Gasteiger partial charge in [-0.05, 0) is 19.4 Å². The number of hydrogen-bond donors (Lipinski definition) is 0. The Morgan fingerprint density at radius 2 is 2.30 bits per heavy atom. The van der Waals surface area contributed by atoms with Crippen LogP contribution in [0.3, 0.4) is 0 Å². The average molecular weight is 141 g/mol. The number of likely N-dealkylation sites (N-methyl/N-ethyl adjacent to an activating group) is 1. The SMILES string of the molecule is CCN1CC2(OC)CC1C2. The molecule has 10 heavy (non-hydrogen) atoms. The second-order valence-corrected chi connectivity index (χ2v) is 3.51. The number of hydrogen-bond acceptors (Lipinski definition) is 2. The average Bonchev–Trinajstić information content (AvgIpc) is 2.38. The van der Waals surface area contributed by atoms with Crippen molar-refractivity contribution in [1.82, 2.24) is 4.90 Å². The van der Waals surface area contributed by atoms with E-state index in [0.717, 1.165) is 6.04 Å². The maximum atomic E-state index is 5.46. The second kappa shape index (κ2) is 1.95. The van der Waals surface area contributed by atoms with Gasteiger partial charge in [-0.3, -0.25) is 4.90 Å². The number of methoxy groups -OCH3 is 1. The van der Waals surface area contributed by atoms with Crippen LogP contribution in [-0.2, 0) is 4.74 Å². The van der Waals surface area contributed by atoms with Crippen LogP contribution in [0.15, 0.2) is 0 Å². The Hall–Kier alpha value is -0.0800. The van der Waals surface area contributed by atoms with E-state index in [1.807, 2.05) is 7.11 Å². The normalized spacial score (nSPS) is 45.6. The topological polar surface area (TPSA) is 12.5 Å². The van der Waals surface area contributed by atoms with Gasteiger partial charge in [0, 0.05) is 19.7 Å². The van der Waals surface area contributed by atoms with Crippen molar-refractivity contribution in [2.24, 2.45) is 0 Å². The van der Waals surface area contributed by atoms with E-state index in [0.29, 0.717) is 0 Å². The van der Waals surface area contributed by atoms with Crippen LogP contribution in [0, 0.1) is 0 Å². The fourth-order valence-corrected chi connectivity index (χ4v) is 2.29. The zero-order valence-corrected chi connectivity index (χ0v) is 6.76. The van der Waals surface area contributed by atoms with E-state index in [1.54, 1.807) is 0 Å². The highest BCUT2D eigenvalue weighted by Crippen LogP contribution is 2.46. The van der Waals surface area contributed by atoms with E-state index in [-0.39, 0.29) is 5.60 Å². The van der Waals surface area contributed by atoms with E-state index in [4.69, 9.17) is 4.74 Å². The Balaban J connectivity index is 2.02. The molecule has 2 nitrogen and oxygen atoms in total. The number of rotatable bonds is 2. The van der Waals surface area contributed by atoms with E-state index >= 15 is 0 Å². The zero-order valence-electron chi connectivity index (χ0n) is 6.76. The second-order valence-electron chi connectivity index (χ2n) is 3.51. The molecule has 0 N–H and O–H groups in total. The maximum absolute atomic E-state index is 5.46. The lowest BCUT2D eigenvalue weighted by Gasteiger charge is -2.35. The summed E-state index contributed by atoms with van der Waals surface area (Å²) in [4.78, 5) is 2.52. The van der Waals surface area contributed by atoms with E-state index in [1.165, 1.54) is 25.9 Å². The molecule has 2 aliphatic heterocycles. The van der Waals surface area contributed by atoms with Gasteiger partial charge in [0.15, 0.2) is 0 Å². The van der Waals surface area contributed by atoms with Crippen LogP contribution >= 0.6 is 0 Å². The molecule has 3 rings (SSSR count). The van der Waals surface area contributed by atoms with Crippen molar-refractivity contribution in [3.8, 4) is 0 Å². The van der Waals surface area contributed by atoms with Crippen LogP contribution in [0.1, 0.15) is 19.8 Å². The minimum Gasteiger partial charge on any atom is -0.377 e. The molecule has 0 aromatic carbocycles. The summed E-state index contributed by atoms with van der Waals surface area (Å²) in [5.74, 6) is 0. The van der Waals surface area contributed by atoms with Gasteiger partial charge < -0.3 is 4.74 Å². The van der Waals surface area contributed by atoms with Crippen molar-refractivity contribution >= 4 is 0 Å². The molecule has 1 saturated carbocycles. The van der Waals surface area contributed by atoms with E-state index < -0.39 is 0 Å². The van der Waals surface area contributed by atoms with Crippen molar-refractivity contribution in [3.63, 3.8) is 0 Å². The van der Waals surface area contributed by atoms with Crippen LogP contribution in [0.5, 0.6) is 0 Å². The van der Waals surface area contributed by atoms with Gasteiger partial charge >= 0.3 is 0 Å². The van der Waals surface area contributed by atoms with Gasteiger partial charge in [-0.25, -0.2) is 0 Å². The summed E-state index contributed by atoms with van der Waals surface area (Å²) in [6, 6.07) is 0.852. The lowest BCUT2D eigenvalue weighted by molar-refractivity contribution is -0.0366. The summed E-state index contributed by atoms with van der Waals surface area (Å²) in [7, 11) is 1.84. The lowest BCUT2D eigenvalue weighted by atomic mass is 9.81. The molecule has 2 saturated heterocycles. The molecule has 0 atom stereocenters. The molecule has 0 amide bonds. The van der Waals surface area contributed by atoms with Crippen molar-refractivity contribution < 1.29 is 4.74 Å². The predicted molar refractivity (Wildman–Crippen MR) is 40.0 cm³/mol. The highest BCUT2D eigenvalue weighted by atomic mass is 16.5. The number of fused-ring (bicyclic) bond motifs is 1. The molecule has 3 aliphatic rings. The Labute approximate surface area is 62.2 Å². The standard InChI is InChI=1S/C8H15NO/c1-3-9-6-8(10-2)4-7(9)5-8/h7H,3-6H2,1-2H3. The maximum Gasteiger partial charge on any atom is 0.0834 e. The van der Waals surface area contributed by atoms with Crippen molar-refractivity contribution in [1.29, 1.82) is 0 Å². The smallest absolute Gasteiger partial charge is 0.0834 e. The molecule has 0 aromatic rings. The van der Waals surface area contributed by atoms with Crippen LogP contribution in [0.25, 0.3) is 0 Å². The quantitative estimate of drug-likeness (QED) is 0.565. The number of nitrogens with zero attached hydrogens (tertiary/aromatic N) is 1. The van der Waals surface area contributed by atoms with Gasteiger partial charge in [0.1, 0.15) is 0 Å². The minimum atomic E-state index is 0.278. The van der Waals surface area contributed by atoms with Gasteiger partial charge in [0.25, 0.3) is 0 Å². The van der Waals surface area contributed by atoms with E-state index in [9.17, 15) is 0 Å². The molecule has 58 valence electrons. The molecular formula is C8H15NO. The van der Waals surface area contributed by atoms with Gasteiger partial charge in [0.2, 0.25) is 0 Å². The van der Waals surface area contributed by atoms with Crippen LogP contribution < -0.4 is 0 Å². The zero-order chi connectivity index (χ0) is 7.19. The van der Waals surface area contributed by atoms with Crippen molar-refractivity contribution in [3.05, 3.63) is 0 Å². The Morgan fingerprint density at radius 1 is 1.60 bits per heavy atom. The minimum absolute atomic E-state index is 0.278. The monoisotopic (exact) mass is 141 g/mol. The molecular weight excluding hydrogens is 126 g/mol. The third-order valence-electron chi connectivity index (χ3n) is 3.06. The summed E-state index contributed by atoms with van der Waals surface area (Å²) in [5, 5.41) is 0. The number of ether oxygens (including phenoxy) is 1. The van der Waals surface area contributed by atoms with Crippen LogP contribution in [-0.4, -0.2) is 36.7 Å². The fourth-order valence-electron chi connectivity index (χ4n) is 2.29. The van der Waals surface area contributed by atoms with Gasteiger partial charge in [-0.2, -0.15) is 0 Å². The first-order chi connectivity index (χ1) is 4.79. The Kier molecular flexibility index (Phi) is 1.29. The van der Waals surface area contributed by atoms with Crippen molar-refractivity contribution in [2.75, 3.05) is 20.2 Å². The summed E-state index contributed by atoms with van der Waals surface area (Å²) >= 11 is 0. The highest BCUT2D eigenvalue weighted by molar-refractivity contribution is 5.09. The summed E-state index contributed by atoms with van der Waals surface area (Å²) in [6.45, 7) is 4.59. The molecule has 1 aliphatic carbocycles. The molecule has 3 fully saturated rings. The van der Waals surface area contributed by atoms with E-state index in [2.05, 4.69) is 11.8 Å². The highest BCUT2D eigenvalue weighted by Gasteiger charge is 2.54. The van der Waals surface area contributed by atoms with Crippen LogP contribution in [0.2, 0.25) is 0 Å². The fraction of sp³-hybridized carbons (Fsp3) is 1.00. The first kappa shape index (κ1) is 6.62. The molecule has 0 unspecified atom stereocenters. The summed E-state index contributed by atoms with van der Waals surface area (Å²) < 4.78 is 5.46. The van der Waals surface area contributed by atoms with Gasteiger partial charge in [-0.15, -0.1) is 0 Å². The largest absolute Gasteiger partial charge is 0.377 e. The third kappa shape index (κ3) is 0.663. The van der Waals surface area contributed by atoms with Gasteiger partial charge in [-0.1, -0.05) is 6.92 Å². The summed E-state index contributed by atoms with van der Waals surface area (Å²) in [6.07, 6.45) is 2.55. The molecule has 2 heteroatoms. The molecule has 0 aromatic heterocycles. The third-order valence-corrected chi connectivity index (χ3v) is 3.06. The molecule has 2 bridgehead atoms. The molecule has 0 spiro atoms. The molecule has 0 radical (unpaired) electrons. The van der Waals surface area contributed by atoms with Crippen LogP contribution in [0.4, 0.5) is 0 Å². The summed E-state index contributed by atoms with van der Waals surface area (Å²) in [5.41, 5.74) is 0.278. The first-order valence-corrected chi connectivity index (χ1v) is 4.09. The first-order valence-electron chi connectivity index (χ1n) is 4.09. The predicted octanol–water partition coefficient (Wildman–Crippen LogP) is 0.870. The lowest BCUT2D eigenvalue weighted by Crippen LogP contribution is -2.41. The molecule has 2 heterocycles. The Bertz CT molecular complexity index is 140. The Morgan fingerprint density at radius 3 is 2.60 bits per heavy atom.